The SMILES string of the molecule is CC1(C(=O)N2CCOc3ccccc3C2)CCCNC1. The number of piperidine rings is 1. The largest absolute Gasteiger partial charge is 0.491 e. The Hall–Kier alpha value is -1.55. The molecular formula is C16H22N2O2. The second kappa shape index (κ2) is 5.44. The summed E-state index contributed by atoms with van der Waals surface area (Å²) in [5, 5.41) is 3.35. The van der Waals surface area contributed by atoms with E-state index in [1.54, 1.807) is 0 Å². The van der Waals surface area contributed by atoms with E-state index in [0.29, 0.717) is 19.7 Å². The van der Waals surface area contributed by atoms with E-state index < -0.39 is 0 Å². The second-order valence-corrected chi connectivity index (χ2v) is 6.02. The third-order valence-corrected chi connectivity index (χ3v) is 4.35. The van der Waals surface area contributed by atoms with Crippen LogP contribution in [0.15, 0.2) is 24.3 Å². The van der Waals surface area contributed by atoms with Gasteiger partial charge >= 0.3 is 0 Å². The molecule has 0 saturated carbocycles. The minimum absolute atomic E-state index is 0.255. The van der Waals surface area contributed by atoms with Crippen molar-refractivity contribution in [2.75, 3.05) is 26.2 Å². The number of nitrogens with one attached hydrogen (secondary N) is 1. The number of rotatable bonds is 1. The number of hydrogen-bond acceptors (Lipinski definition) is 3. The highest BCUT2D eigenvalue weighted by Gasteiger charge is 2.38. The van der Waals surface area contributed by atoms with E-state index in [1.165, 1.54) is 0 Å². The van der Waals surface area contributed by atoms with Crippen molar-refractivity contribution in [2.45, 2.75) is 26.3 Å². The molecule has 2 aliphatic heterocycles. The van der Waals surface area contributed by atoms with Gasteiger partial charge < -0.3 is 15.0 Å². The molecule has 4 heteroatoms. The zero-order chi connectivity index (χ0) is 14.0. The van der Waals surface area contributed by atoms with Gasteiger partial charge in [-0.3, -0.25) is 4.79 Å². The molecule has 2 heterocycles. The maximum atomic E-state index is 12.9. The minimum Gasteiger partial charge on any atom is -0.491 e. The fourth-order valence-corrected chi connectivity index (χ4v) is 3.12. The first-order valence-corrected chi connectivity index (χ1v) is 7.40. The highest BCUT2D eigenvalue weighted by molar-refractivity contribution is 5.83. The van der Waals surface area contributed by atoms with Crippen LogP contribution >= 0.6 is 0 Å². The van der Waals surface area contributed by atoms with Crippen LogP contribution in [-0.2, 0) is 11.3 Å². The van der Waals surface area contributed by atoms with Crippen LogP contribution in [0.2, 0.25) is 0 Å². The molecule has 20 heavy (non-hydrogen) atoms. The number of carbonyl (C=O) groups excluding carboxylic acids is 1. The van der Waals surface area contributed by atoms with Crippen molar-refractivity contribution in [2.24, 2.45) is 5.41 Å². The van der Waals surface area contributed by atoms with Gasteiger partial charge in [-0.15, -0.1) is 0 Å². The second-order valence-electron chi connectivity index (χ2n) is 6.02. The summed E-state index contributed by atoms with van der Waals surface area (Å²) in [6.07, 6.45) is 2.04. The van der Waals surface area contributed by atoms with Gasteiger partial charge in [-0.1, -0.05) is 18.2 Å². The first-order valence-electron chi connectivity index (χ1n) is 7.40. The monoisotopic (exact) mass is 274 g/mol. The van der Waals surface area contributed by atoms with Crippen LogP contribution < -0.4 is 10.1 Å². The molecule has 4 nitrogen and oxygen atoms in total. The summed E-state index contributed by atoms with van der Waals surface area (Å²) in [6.45, 7) is 5.79. The lowest BCUT2D eigenvalue weighted by molar-refractivity contribution is -0.143. The molecule has 0 aromatic heterocycles. The molecule has 1 atom stereocenters. The number of hydrogen-bond donors (Lipinski definition) is 1. The zero-order valence-corrected chi connectivity index (χ0v) is 12.0. The Bertz CT molecular complexity index is 495. The fraction of sp³-hybridized carbons (Fsp3) is 0.562. The van der Waals surface area contributed by atoms with E-state index in [4.69, 9.17) is 4.74 Å². The Morgan fingerprint density at radius 2 is 2.25 bits per heavy atom. The molecule has 1 saturated heterocycles. The Morgan fingerprint density at radius 1 is 1.40 bits per heavy atom. The lowest BCUT2D eigenvalue weighted by atomic mass is 9.81. The number of carbonyl (C=O) groups is 1. The van der Waals surface area contributed by atoms with Gasteiger partial charge in [0.05, 0.1) is 12.0 Å². The molecule has 108 valence electrons. The highest BCUT2D eigenvalue weighted by atomic mass is 16.5. The number of ether oxygens (including phenoxy) is 1. The summed E-state index contributed by atoms with van der Waals surface area (Å²) in [5.41, 5.74) is 0.836. The lowest BCUT2D eigenvalue weighted by Gasteiger charge is -2.37. The molecule has 3 rings (SSSR count). The zero-order valence-electron chi connectivity index (χ0n) is 12.0. The van der Waals surface area contributed by atoms with E-state index in [0.717, 1.165) is 37.2 Å². The minimum atomic E-state index is -0.266. The lowest BCUT2D eigenvalue weighted by Crippen LogP contribution is -2.50. The first kappa shape index (κ1) is 13.4. The topological polar surface area (TPSA) is 41.6 Å². The maximum absolute atomic E-state index is 12.9. The molecule has 1 aromatic rings. The van der Waals surface area contributed by atoms with Crippen LogP contribution in [-0.4, -0.2) is 37.0 Å². The Kier molecular flexibility index (Phi) is 3.66. The summed E-state index contributed by atoms with van der Waals surface area (Å²) < 4.78 is 5.74. The predicted molar refractivity (Wildman–Crippen MR) is 77.6 cm³/mol. The fourth-order valence-electron chi connectivity index (χ4n) is 3.12. The van der Waals surface area contributed by atoms with Crippen LogP contribution in [0.1, 0.15) is 25.3 Å². The van der Waals surface area contributed by atoms with Gasteiger partial charge in [0.15, 0.2) is 0 Å². The van der Waals surface area contributed by atoms with Gasteiger partial charge in [-0.2, -0.15) is 0 Å². The molecule has 1 aromatic carbocycles. The molecular weight excluding hydrogens is 252 g/mol. The number of amides is 1. The van der Waals surface area contributed by atoms with Gasteiger partial charge in [0.25, 0.3) is 0 Å². The maximum Gasteiger partial charge on any atom is 0.230 e. The van der Waals surface area contributed by atoms with Crippen LogP contribution in [0, 0.1) is 5.41 Å². The van der Waals surface area contributed by atoms with Gasteiger partial charge in [-0.25, -0.2) is 0 Å². The third-order valence-electron chi connectivity index (χ3n) is 4.35. The molecule has 1 fully saturated rings. The standard InChI is InChI=1S/C16H22N2O2/c1-16(7-4-8-17-12-16)15(19)18-9-10-20-14-6-3-2-5-13(14)11-18/h2-3,5-6,17H,4,7-12H2,1H3. The van der Waals surface area contributed by atoms with Crippen molar-refractivity contribution < 1.29 is 9.53 Å². The first-order chi connectivity index (χ1) is 9.69. The van der Waals surface area contributed by atoms with Gasteiger partial charge in [-0.05, 0) is 32.4 Å². The van der Waals surface area contributed by atoms with E-state index in [2.05, 4.69) is 12.2 Å². The van der Waals surface area contributed by atoms with Crippen LogP contribution in [0.5, 0.6) is 5.75 Å². The van der Waals surface area contributed by atoms with Crippen molar-refractivity contribution >= 4 is 5.91 Å². The number of fused-ring (bicyclic) bond motifs is 1. The molecule has 0 bridgehead atoms. The molecule has 1 amide bonds. The number of para-hydroxylation sites is 1. The average molecular weight is 274 g/mol. The van der Waals surface area contributed by atoms with E-state index in [1.807, 2.05) is 29.2 Å². The van der Waals surface area contributed by atoms with E-state index in [-0.39, 0.29) is 11.3 Å². The van der Waals surface area contributed by atoms with Crippen molar-refractivity contribution in [3.05, 3.63) is 29.8 Å². The van der Waals surface area contributed by atoms with E-state index >= 15 is 0 Å². The predicted octanol–water partition coefficient (Wildman–Crippen LogP) is 1.80. The Balaban J connectivity index is 1.78. The Morgan fingerprint density at radius 3 is 3.05 bits per heavy atom. The average Bonchev–Trinajstić information content (AvgIpc) is 2.69. The number of benzene rings is 1. The molecule has 2 aliphatic rings. The van der Waals surface area contributed by atoms with Crippen LogP contribution in [0.25, 0.3) is 0 Å². The van der Waals surface area contributed by atoms with E-state index in [9.17, 15) is 4.79 Å². The molecule has 1 unspecified atom stereocenters. The van der Waals surface area contributed by atoms with Gasteiger partial charge in [0, 0.05) is 18.7 Å². The summed E-state index contributed by atoms with van der Waals surface area (Å²) in [6, 6.07) is 8.00. The van der Waals surface area contributed by atoms with Crippen molar-refractivity contribution in [1.29, 1.82) is 0 Å². The third kappa shape index (κ3) is 2.52. The quantitative estimate of drug-likeness (QED) is 0.849. The Labute approximate surface area is 120 Å². The molecule has 0 spiro atoms. The summed E-state index contributed by atoms with van der Waals surface area (Å²) >= 11 is 0. The smallest absolute Gasteiger partial charge is 0.230 e. The van der Waals surface area contributed by atoms with Crippen LogP contribution in [0.3, 0.4) is 0 Å². The summed E-state index contributed by atoms with van der Waals surface area (Å²) in [5.74, 6) is 1.17. The summed E-state index contributed by atoms with van der Waals surface area (Å²) in [7, 11) is 0. The normalized spacial score (nSPS) is 26.4. The molecule has 0 aliphatic carbocycles. The molecule has 0 radical (unpaired) electrons. The molecule has 1 N–H and O–H groups in total. The van der Waals surface area contributed by atoms with Crippen LogP contribution in [0.4, 0.5) is 0 Å². The van der Waals surface area contributed by atoms with Crippen molar-refractivity contribution in [3.63, 3.8) is 0 Å². The highest BCUT2D eigenvalue weighted by Crippen LogP contribution is 2.30. The summed E-state index contributed by atoms with van der Waals surface area (Å²) in [4.78, 5) is 14.8. The van der Waals surface area contributed by atoms with Crippen molar-refractivity contribution in [1.82, 2.24) is 10.2 Å². The van der Waals surface area contributed by atoms with Gasteiger partial charge in [0.2, 0.25) is 5.91 Å². The van der Waals surface area contributed by atoms with Crippen molar-refractivity contribution in [3.8, 4) is 5.75 Å². The van der Waals surface area contributed by atoms with Gasteiger partial charge in [0.1, 0.15) is 12.4 Å². The number of nitrogens with zero attached hydrogens (tertiary/aromatic N) is 1.